The molecule has 0 fully saturated rings. The Bertz CT molecular complexity index is 576. The Morgan fingerprint density at radius 2 is 1.95 bits per heavy atom. The van der Waals surface area contributed by atoms with E-state index in [0.29, 0.717) is 5.56 Å². The van der Waals surface area contributed by atoms with Gasteiger partial charge in [0.05, 0.1) is 4.90 Å². The molecule has 2 amide bonds. The van der Waals surface area contributed by atoms with Crippen LogP contribution in [0.3, 0.4) is 0 Å². The van der Waals surface area contributed by atoms with E-state index in [4.69, 9.17) is 17.3 Å². The minimum Gasteiger partial charge on any atom is -0.398 e. The number of rotatable bonds is 3. The van der Waals surface area contributed by atoms with Crippen LogP contribution in [0.15, 0.2) is 17.0 Å². The smallest absolute Gasteiger partial charge is 0.328 e. The number of nitrogen functional groups attached to an aromatic ring is 1. The van der Waals surface area contributed by atoms with E-state index in [9.17, 15) is 13.2 Å². The number of urea groups is 1. The summed E-state index contributed by atoms with van der Waals surface area (Å²) >= 11 is 5.87. The zero-order valence-corrected chi connectivity index (χ0v) is 12.4. The summed E-state index contributed by atoms with van der Waals surface area (Å²) in [6.45, 7) is 5.10. The summed E-state index contributed by atoms with van der Waals surface area (Å²) in [7, 11) is -3.99. The third kappa shape index (κ3) is 4.00. The molecule has 0 aliphatic carbocycles. The molecular formula is C11H16ClN3O3S. The summed E-state index contributed by atoms with van der Waals surface area (Å²) in [5.41, 5.74) is 6.49. The highest BCUT2D eigenvalue weighted by Crippen LogP contribution is 2.25. The first-order valence-electron chi connectivity index (χ1n) is 5.52. The molecule has 0 aromatic heterocycles. The van der Waals surface area contributed by atoms with Crippen molar-refractivity contribution in [2.24, 2.45) is 0 Å². The highest BCUT2D eigenvalue weighted by atomic mass is 35.5. The second kappa shape index (κ2) is 5.66. The fraction of sp³-hybridized carbons (Fsp3) is 0.364. The SMILES string of the molecule is Cc1c(N)cc(S(=O)(=O)NC(=O)NC(C)C)cc1Cl. The van der Waals surface area contributed by atoms with Gasteiger partial charge in [0.2, 0.25) is 0 Å². The van der Waals surface area contributed by atoms with Crippen molar-refractivity contribution >= 4 is 33.3 Å². The number of hydrogen-bond acceptors (Lipinski definition) is 4. The molecule has 0 heterocycles. The quantitative estimate of drug-likeness (QED) is 0.739. The van der Waals surface area contributed by atoms with Crippen molar-refractivity contribution in [3.63, 3.8) is 0 Å². The molecule has 0 spiro atoms. The predicted octanol–water partition coefficient (Wildman–Crippen LogP) is 1.63. The summed E-state index contributed by atoms with van der Waals surface area (Å²) in [5.74, 6) is 0. The molecule has 0 radical (unpaired) electrons. The topological polar surface area (TPSA) is 101 Å². The highest BCUT2D eigenvalue weighted by molar-refractivity contribution is 7.90. The Hall–Kier alpha value is -1.47. The van der Waals surface area contributed by atoms with Crippen LogP contribution in [0, 0.1) is 6.92 Å². The van der Waals surface area contributed by atoms with Crippen LogP contribution in [0.25, 0.3) is 0 Å². The number of carbonyl (C=O) groups excluding carboxylic acids is 1. The van der Waals surface area contributed by atoms with Gasteiger partial charge in [-0.25, -0.2) is 17.9 Å². The minimum absolute atomic E-state index is 0.153. The van der Waals surface area contributed by atoms with Crippen LogP contribution in [-0.4, -0.2) is 20.5 Å². The van der Waals surface area contributed by atoms with Crippen molar-refractivity contribution in [1.82, 2.24) is 10.0 Å². The minimum atomic E-state index is -3.99. The maximum atomic E-state index is 12.0. The molecule has 1 aromatic carbocycles. The van der Waals surface area contributed by atoms with Crippen LogP contribution in [0.1, 0.15) is 19.4 Å². The van der Waals surface area contributed by atoms with Crippen molar-refractivity contribution in [2.45, 2.75) is 31.7 Å². The van der Waals surface area contributed by atoms with Crippen LogP contribution in [0.4, 0.5) is 10.5 Å². The second-order valence-corrected chi connectivity index (χ2v) is 6.44. The average Bonchev–Trinajstić information content (AvgIpc) is 2.22. The molecular weight excluding hydrogens is 290 g/mol. The Kier molecular flexibility index (Phi) is 4.65. The maximum Gasteiger partial charge on any atom is 0.328 e. The van der Waals surface area contributed by atoms with Crippen LogP contribution >= 0.6 is 11.6 Å². The first-order chi connectivity index (χ1) is 8.63. The van der Waals surface area contributed by atoms with E-state index in [0.717, 1.165) is 0 Å². The lowest BCUT2D eigenvalue weighted by Gasteiger charge is -2.12. The standard InChI is InChI=1S/C11H16ClN3O3S/c1-6(2)14-11(16)15-19(17,18)8-4-9(12)7(3)10(13)5-8/h4-6H,13H2,1-3H3,(H2,14,15,16). The third-order valence-electron chi connectivity index (χ3n) is 2.32. The van der Waals surface area contributed by atoms with Gasteiger partial charge in [-0.3, -0.25) is 0 Å². The van der Waals surface area contributed by atoms with Crippen molar-refractivity contribution in [3.05, 3.63) is 22.7 Å². The normalized spacial score (nSPS) is 11.4. The van der Waals surface area contributed by atoms with E-state index in [1.807, 2.05) is 4.72 Å². The van der Waals surface area contributed by atoms with E-state index >= 15 is 0 Å². The number of sulfonamides is 1. The molecule has 8 heteroatoms. The summed E-state index contributed by atoms with van der Waals surface area (Å²) in [5, 5.41) is 2.64. The molecule has 1 rings (SSSR count). The average molecular weight is 306 g/mol. The largest absolute Gasteiger partial charge is 0.398 e. The molecule has 6 nitrogen and oxygen atoms in total. The maximum absolute atomic E-state index is 12.0. The van der Waals surface area contributed by atoms with Crippen LogP contribution in [0.2, 0.25) is 5.02 Å². The summed E-state index contributed by atoms with van der Waals surface area (Å²) < 4.78 is 25.8. The fourth-order valence-corrected chi connectivity index (χ4v) is 2.57. The van der Waals surface area contributed by atoms with Gasteiger partial charge in [-0.2, -0.15) is 0 Å². The molecule has 0 bridgehead atoms. The van der Waals surface area contributed by atoms with Gasteiger partial charge in [-0.15, -0.1) is 0 Å². The third-order valence-corrected chi connectivity index (χ3v) is 4.02. The number of halogens is 1. The lowest BCUT2D eigenvalue weighted by Crippen LogP contribution is -2.42. The zero-order valence-electron chi connectivity index (χ0n) is 10.8. The van der Waals surface area contributed by atoms with Crippen LogP contribution in [-0.2, 0) is 10.0 Å². The second-order valence-electron chi connectivity index (χ2n) is 4.35. The lowest BCUT2D eigenvalue weighted by molar-refractivity contribution is 0.243. The summed E-state index contributed by atoms with van der Waals surface area (Å²) in [6.07, 6.45) is 0. The molecule has 0 aliphatic rings. The summed E-state index contributed by atoms with van der Waals surface area (Å²) in [4.78, 5) is 11.3. The molecule has 1 aromatic rings. The molecule has 0 saturated heterocycles. The van der Waals surface area contributed by atoms with Gasteiger partial charge >= 0.3 is 6.03 Å². The molecule has 0 atom stereocenters. The number of hydrogen-bond donors (Lipinski definition) is 3. The van der Waals surface area contributed by atoms with Gasteiger partial charge in [-0.1, -0.05) is 11.6 Å². The van der Waals surface area contributed by atoms with Gasteiger partial charge in [-0.05, 0) is 38.5 Å². The molecule has 0 unspecified atom stereocenters. The van der Waals surface area contributed by atoms with Gasteiger partial charge in [0.25, 0.3) is 10.0 Å². The predicted molar refractivity (Wildman–Crippen MR) is 74.6 cm³/mol. The summed E-state index contributed by atoms with van der Waals surface area (Å²) in [6, 6.07) is 1.52. The van der Waals surface area contributed by atoms with Crippen LogP contribution in [0.5, 0.6) is 0 Å². The van der Waals surface area contributed by atoms with Gasteiger partial charge in [0.1, 0.15) is 0 Å². The monoisotopic (exact) mass is 305 g/mol. The first kappa shape index (κ1) is 15.6. The number of nitrogens with two attached hydrogens (primary N) is 1. The lowest BCUT2D eigenvalue weighted by atomic mass is 10.2. The Labute approximate surface area is 117 Å². The first-order valence-corrected chi connectivity index (χ1v) is 7.38. The number of amides is 2. The Morgan fingerprint density at radius 3 is 2.42 bits per heavy atom. The molecule has 4 N–H and O–H groups in total. The van der Waals surface area contributed by atoms with E-state index in [-0.39, 0.29) is 21.6 Å². The Balaban J connectivity index is 3.05. The zero-order chi connectivity index (χ0) is 14.8. The van der Waals surface area contributed by atoms with Gasteiger partial charge in [0.15, 0.2) is 0 Å². The molecule has 19 heavy (non-hydrogen) atoms. The van der Waals surface area contributed by atoms with E-state index < -0.39 is 16.1 Å². The van der Waals surface area contributed by atoms with Crippen molar-refractivity contribution in [1.29, 1.82) is 0 Å². The van der Waals surface area contributed by atoms with E-state index in [1.165, 1.54) is 12.1 Å². The van der Waals surface area contributed by atoms with Gasteiger partial charge < -0.3 is 11.1 Å². The van der Waals surface area contributed by atoms with Crippen LogP contribution < -0.4 is 15.8 Å². The molecule has 0 saturated carbocycles. The fourth-order valence-electron chi connectivity index (χ4n) is 1.30. The molecule has 106 valence electrons. The molecule has 0 aliphatic heterocycles. The van der Waals surface area contributed by atoms with Crippen molar-refractivity contribution < 1.29 is 13.2 Å². The van der Waals surface area contributed by atoms with Gasteiger partial charge in [0, 0.05) is 16.8 Å². The van der Waals surface area contributed by atoms with E-state index in [2.05, 4.69) is 5.32 Å². The number of benzene rings is 1. The number of nitrogens with one attached hydrogen (secondary N) is 2. The Morgan fingerprint density at radius 1 is 1.37 bits per heavy atom. The van der Waals surface area contributed by atoms with Crippen molar-refractivity contribution in [2.75, 3.05) is 5.73 Å². The van der Waals surface area contributed by atoms with Crippen molar-refractivity contribution in [3.8, 4) is 0 Å². The highest BCUT2D eigenvalue weighted by Gasteiger charge is 2.19. The van der Waals surface area contributed by atoms with E-state index in [1.54, 1.807) is 20.8 Å². The number of anilines is 1. The number of carbonyl (C=O) groups is 1.